The van der Waals surface area contributed by atoms with Crippen molar-refractivity contribution in [1.82, 2.24) is 5.32 Å². The van der Waals surface area contributed by atoms with E-state index >= 15 is 0 Å². The topological polar surface area (TPSA) is 21.3 Å². The van der Waals surface area contributed by atoms with E-state index in [-0.39, 0.29) is 0 Å². The highest BCUT2D eigenvalue weighted by molar-refractivity contribution is 4.80. The molecule has 1 fully saturated rings. The first-order valence-corrected chi connectivity index (χ1v) is 8.73. The Kier molecular flexibility index (Phi) is 10.5. The fourth-order valence-electron chi connectivity index (χ4n) is 3.10. The average Bonchev–Trinajstić information content (AvgIpc) is 2.94. The fraction of sp³-hybridized carbons (Fsp3) is 1.00. The van der Waals surface area contributed by atoms with Crippen LogP contribution in [0.4, 0.5) is 0 Å². The molecule has 0 radical (unpaired) electrons. The third-order valence-corrected chi connectivity index (χ3v) is 4.25. The molecule has 2 atom stereocenters. The van der Waals surface area contributed by atoms with Crippen LogP contribution in [0.1, 0.15) is 84.5 Å². The number of nitrogens with one attached hydrogen (secondary N) is 1. The predicted octanol–water partition coefficient (Wildman–Crippen LogP) is 4.67. The summed E-state index contributed by atoms with van der Waals surface area (Å²) in [6.07, 6.45) is 15.6. The van der Waals surface area contributed by atoms with E-state index in [9.17, 15) is 0 Å². The van der Waals surface area contributed by atoms with Crippen molar-refractivity contribution >= 4 is 0 Å². The molecule has 1 aliphatic heterocycles. The van der Waals surface area contributed by atoms with Gasteiger partial charge >= 0.3 is 0 Å². The van der Waals surface area contributed by atoms with E-state index in [0.717, 1.165) is 13.2 Å². The van der Waals surface area contributed by atoms with Crippen LogP contribution >= 0.6 is 0 Å². The maximum Gasteiger partial charge on any atom is 0.0728 e. The molecule has 19 heavy (non-hydrogen) atoms. The van der Waals surface area contributed by atoms with Gasteiger partial charge in [-0.05, 0) is 25.8 Å². The SMILES string of the molecule is CCCCCCCCCCC(NCC)C1CCCO1. The van der Waals surface area contributed by atoms with Crippen LogP contribution in [0, 0.1) is 0 Å². The van der Waals surface area contributed by atoms with E-state index in [2.05, 4.69) is 19.2 Å². The van der Waals surface area contributed by atoms with Gasteiger partial charge in [-0.1, -0.05) is 65.2 Å². The first kappa shape index (κ1) is 17.0. The summed E-state index contributed by atoms with van der Waals surface area (Å²) < 4.78 is 5.83. The molecule has 2 heteroatoms. The van der Waals surface area contributed by atoms with Gasteiger partial charge in [0.2, 0.25) is 0 Å². The quantitative estimate of drug-likeness (QED) is 0.520. The molecule has 0 bridgehead atoms. The fourth-order valence-corrected chi connectivity index (χ4v) is 3.10. The molecule has 0 spiro atoms. The second-order valence-electron chi connectivity index (χ2n) is 5.98. The van der Waals surface area contributed by atoms with Gasteiger partial charge in [0.15, 0.2) is 0 Å². The minimum Gasteiger partial charge on any atom is -0.377 e. The third kappa shape index (κ3) is 7.94. The number of ether oxygens (including phenoxy) is 1. The molecule has 1 heterocycles. The van der Waals surface area contributed by atoms with E-state index in [1.807, 2.05) is 0 Å². The van der Waals surface area contributed by atoms with Gasteiger partial charge in [-0.25, -0.2) is 0 Å². The smallest absolute Gasteiger partial charge is 0.0728 e. The van der Waals surface area contributed by atoms with Crippen molar-refractivity contribution in [2.45, 2.75) is 96.6 Å². The molecule has 0 aromatic carbocycles. The van der Waals surface area contributed by atoms with Gasteiger partial charge in [0.1, 0.15) is 0 Å². The second kappa shape index (κ2) is 11.7. The lowest BCUT2D eigenvalue weighted by atomic mass is 10.00. The molecular formula is C17H35NO. The molecule has 0 aromatic rings. The highest BCUT2D eigenvalue weighted by Gasteiger charge is 2.24. The minimum absolute atomic E-state index is 0.490. The van der Waals surface area contributed by atoms with Crippen LogP contribution in [0.5, 0.6) is 0 Å². The summed E-state index contributed by atoms with van der Waals surface area (Å²) in [5.41, 5.74) is 0. The number of unbranched alkanes of at least 4 members (excludes halogenated alkanes) is 7. The summed E-state index contributed by atoms with van der Waals surface area (Å²) in [6, 6.07) is 0.604. The monoisotopic (exact) mass is 269 g/mol. The summed E-state index contributed by atoms with van der Waals surface area (Å²) in [7, 11) is 0. The zero-order valence-electron chi connectivity index (χ0n) is 13.3. The maximum absolute atomic E-state index is 5.83. The molecule has 0 aliphatic carbocycles. The van der Waals surface area contributed by atoms with Crippen molar-refractivity contribution in [3.63, 3.8) is 0 Å². The Morgan fingerprint density at radius 3 is 2.26 bits per heavy atom. The maximum atomic E-state index is 5.83. The molecule has 114 valence electrons. The molecule has 0 saturated carbocycles. The summed E-state index contributed by atoms with van der Waals surface area (Å²) in [5.74, 6) is 0. The number of likely N-dealkylation sites (N-methyl/N-ethyl adjacent to an activating group) is 1. The molecule has 0 amide bonds. The Balaban J connectivity index is 1.98. The Bertz CT molecular complexity index is 190. The highest BCUT2D eigenvalue weighted by Crippen LogP contribution is 2.20. The van der Waals surface area contributed by atoms with E-state index in [0.29, 0.717) is 12.1 Å². The Labute approximate surface area is 120 Å². The van der Waals surface area contributed by atoms with Crippen LogP contribution in [-0.4, -0.2) is 25.3 Å². The van der Waals surface area contributed by atoms with E-state index in [1.165, 1.54) is 70.6 Å². The first-order chi connectivity index (χ1) is 9.38. The lowest BCUT2D eigenvalue weighted by molar-refractivity contribution is 0.0752. The molecule has 2 unspecified atom stereocenters. The predicted molar refractivity (Wildman–Crippen MR) is 83.7 cm³/mol. The molecular weight excluding hydrogens is 234 g/mol. The van der Waals surface area contributed by atoms with E-state index in [4.69, 9.17) is 4.74 Å². The van der Waals surface area contributed by atoms with Crippen molar-refractivity contribution in [1.29, 1.82) is 0 Å². The van der Waals surface area contributed by atoms with Crippen LogP contribution in [0.25, 0.3) is 0 Å². The third-order valence-electron chi connectivity index (χ3n) is 4.25. The van der Waals surface area contributed by atoms with Crippen molar-refractivity contribution in [3.05, 3.63) is 0 Å². The average molecular weight is 269 g/mol. The summed E-state index contributed by atoms with van der Waals surface area (Å²) >= 11 is 0. The van der Waals surface area contributed by atoms with Crippen LogP contribution in [0.15, 0.2) is 0 Å². The molecule has 2 nitrogen and oxygen atoms in total. The Morgan fingerprint density at radius 2 is 1.68 bits per heavy atom. The number of hydrogen-bond acceptors (Lipinski definition) is 2. The molecule has 1 saturated heterocycles. The molecule has 1 rings (SSSR count). The van der Waals surface area contributed by atoms with Crippen LogP contribution in [0.3, 0.4) is 0 Å². The van der Waals surface area contributed by atoms with Crippen LogP contribution in [0.2, 0.25) is 0 Å². The summed E-state index contributed by atoms with van der Waals surface area (Å²) in [6.45, 7) is 6.53. The summed E-state index contributed by atoms with van der Waals surface area (Å²) in [4.78, 5) is 0. The highest BCUT2D eigenvalue weighted by atomic mass is 16.5. The van der Waals surface area contributed by atoms with Crippen molar-refractivity contribution < 1.29 is 4.74 Å². The minimum atomic E-state index is 0.490. The van der Waals surface area contributed by atoms with E-state index in [1.54, 1.807) is 0 Å². The van der Waals surface area contributed by atoms with Crippen molar-refractivity contribution in [3.8, 4) is 0 Å². The lowest BCUT2D eigenvalue weighted by Crippen LogP contribution is -2.39. The zero-order chi connectivity index (χ0) is 13.8. The van der Waals surface area contributed by atoms with Gasteiger partial charge in [-0.2, -0.15) is 0 Å². The number of rotatable bonds is 12. The lowest BCUT2D eigenvalue weighted by Gasteiger charge is -2.23. The second-order valence-corrected chi connectivity index (χ2v) is 5.98. The number of hydrogen-bond donors (Lipinski definition) is 1. The largest absolute Gasteiger partial charge is 0.377 e. The zero-order valence-corrected chi connectivity index (χ0v) is 13.3. The standard InChI is InChI=1S/C17H35NO/c1-3-5-6-7-8-9-10-11-13-16(18-4-2)17-14-12-15-19-17/h16-18H,3-15H2,1-2H3. The van der Waals surface area contributed by atoms with Gasteiger partial charge in [-0.15, -0.1) is 0 Å². The molecule has 0 aromatic heterocycles. The summed E-state index contributed by atoms with van der Waals surface area (Å²) in [5, 5.41) is 3.62. The first-order valence-electron chi connectivity index (χ1n) is 8.73. The normalized spacial score (nSPS) is 20.8. The van der Waals surface area contributed by atoms with E-state index < -0.39 is 0 Å². The van der Waals surface area contributed by atoms with Gasteiger partial charge in [-0.3, -0.25) is 0 Å². The van der Waals surface area contributed by atoms with Gasteiger partial charge in [0.05, 0.1) is 6.10 Å². The molecule has 1 N–H and O–H groups in total. The van der Waals surface area contributed by atoms with Crippen molar-refractivity contribution in [2.75, 3.05) is 13.2 Å². The van der Waals surface area contributed by atoms with Gasteiger partial charge in [0, 0.05) is 12.6 Å². The Morgan fingerprint density at radius 1 is 1.00 bits per heavy atom. The molecule has 1 aliphatic rings. The van der Waals surface area contributed by atoms with Gasteiger partial charge < -0.3 is 10.1 Å². The van der Waals surface area contributed by atoms with Crippen molar-refractivity contribution in [2.24, 2.45) is 0 Å². The van der Waals surface area contributed by atoms with Gasteiger partial charge in [0.25, 0.3) is 0 Å². The van der Waals surface area contributed by atoms with Crippen LogP contribution in [-0.2, 0) is 4.74 Å². The Hall–Kier alpha value is -0.0800. The van der Waals surface area contributed by atoms with Crippen LogP contribution < -0.4 is 5.32 Å².